The van der Waals surface area contributed by atoms with Crippen molar-refractivity contribution in [2.24, 2.45) is 5.92 Å². The summed E-state index contributed by atoms with van der Waals surface area (Å²) in [5, 5.41) is 4.00. The molecular weight excluding hydrogens is 399 g/mol. The van der Waals surface area contributed by atoms with Crippen molar-refractivity contribution in [1.29, 1.82) is 0 Å². The molecule has 0 aliphatic carbocycles. The third kappa shape index (κ3) is 5.46. The topological polar surface area (TPSA) is 49.4 Å². The van der Waals surface area contributed by atoms with Gasteiger partial charge >= 0.3 is 150 Å². The minimum atomic E-state index is -0.509. The molecule has 142 valence electrons. The van der Waals surface area contributed by atoms with E-state index in [0.717, 1.165) is 30.3 Å². The van der Waals surface area contributed by atoms with Crippen molar-refractivity contribution in [3.05, 3.63) is 65.2 Å². The fourth-order valence-corrected chi connectivity index (χ4v) is 5.40. The monoisotopic (exact) mass is 426 g/mol. The Morgan fingerprint density at radius 3 is 2.48 bits per heavy atom. The van der Waals surface area contributed by atoms with Gasteiger partial charge in [0.15, 0.2) is 0 Å². The molecule has 1 unspecified atom stereocenters. The molecule has 1 N–H and O–H groups in total. The number of carbonyl (C=O) groups excluding carboxylic acids is 2. The van der Waals surface area contributed by atoms with Crippen molar-refractivity contribution in [3.63, 3.8) is 0 Å². The van der Waals surface area contributed by atoms with Gasteiger partial charge in [0.2, 0.25) is 0 Å². The van der Waals surface area contributed by atoms with Gasteiger partial charge < -0.3 is 0 Å². The average molecular weight is 426 g/mol. The Bertz CT molecular complexity index is 802. The summed E-state index contributed by atoms with van der Waals surface area (Å²) < 4.78 is 0.446. The molecule has 27 heavy (non-hydrogen) atoms. The second-order valence-electron chi connectivity index (χ2n) is 7.26. The molecule has 2 aromatic carbocycles. The van der Waals surface area contributed by atoms with Crippen molar-refractivity contribution < 1.29 is 9.59 Å². The zero-order valence-corrected chi connectivity index (χ0v) is 18.1. The third-order valence-corrected chi connectivity index (χ3v) is 7.85. The van der Waals surface area contributed by atoms with Crippen molar-refractivity contribution >= 4 is 32.0 Å². The van der Waals surface area contributed by atoms with Crippen LogP contribution in [0.4, 0.5) is 10.5 Å². The number of anilines is 1. The first kappa shape index (κ1) is 19.7. The Morgan fingerprint density at radius 1 is 1.07 bits per heavy atom. The minimum absolute atomic E-state index is 0.0496. The molecule has 0 radical (unpaired) electrons. The molecule has 2 aromatic rings. The molecule has 0 aromatic heterocycles. The number of benzene rings is 2. The van der Waals surface area contributed by atoms with Crippen LogP contribution in [0.2, 0.25) is 5.21 Å². The van der Waals surface area contributed by atoms with Crippen LogP contribution in [-0.4, -0.2) is 37.8 Å². The van der Waals surface area contributed by atoms with Crippen molar-refractivity contribution in [2.75, 3.05) is 11.9 Å². The molecule has 0 spiro atoms. The number of hydrogen-bond acceptors (Lipinski definition) is 2. The van der Waals surface area contributed by atoms with Crippen LogP contribution in [0.15, 0.2) is 48.5 Å². The zero-order valence-electron chi connectivity index (χ0n) is 16.0. The fourth-order valence-electron chi connectivity index (χ4n) is 3.16. The van der Waals surface area contributed by atoms with Gasteiger partial charge in [-0.05, 0) is 0 Å². The van der Waals surface area contributed by atoms with E-state index in [1.807, 2.05) is 49.1 Å². The van der Waals surface area contributed by atoms with E-state index in [1.54, 1.807) is 0 Å². The molecule has 1 aliphatic heterocycles. The Kier molecular flexibility index (Phi) is 6.73. The van der Waals surface area contributed by atoms with Gasteiger partial charge in [-0.1, -0.05) is 18.2 Å². The third-order valence-electron chi connectivity index (χ3n) is 4.86. The van der Waals surface area contributed by atoms with E-state index < -0.39 is 15.8 Å². The molecule has 4 nitrogen and oxygen atoms in total. The van der Waals surface area contributed by atoms with Crippen LogP contribution in [0.5, 0.6) is 0 Å². The Balaban J connectivity index is 1.50. The summed E-state index contributed by atoms with van der Waals surface area (Å²) in [6.45, 7) is 5.36. The normalized spacial score (nSPS) is 13.8. The van der Waals surface area contributed by atoms with Gasteiger partial charge in [0.1, 0.15) is 0 Å². The van der Waals surface area contributed by atoms with Crippen LogP contribution in [-0.2, 0) is 24.2 Å². The van der Waals surface area contributed by atoms with E-state index in [0.29, 0.717) is 11.1 Å². The molecule has 0 saturated carbocycles. The van der Waals surface area contributed by atoms with E-state index >= 15 is 0 Å². The number of nitrogens with one attached hydrogen (secondary N) is 1. The number of carbonyl (C=O) groups is 2. The fraction of sp³-hybridized carbons (Fsp3) is 0.364. The number of hydrogen-bond donors (Lipinski definition) is 1. The molecular formula is C22H27AsN2O2. The van der Waals surface area contributed by atoms with Crippen molar-refractivity contribution in [1.82, 2.24) is 4.90 Å². The van der Waals surface area contributed by atoms with Gasteiger partial charge in [0, 0.05) is 0 Å². The van der Waals surface area contributed by atoms with Gasteiger partial charge in [-0.25, -0.2) is 0 Å². The first-order valence-corrected chi connectivity index (χ1v) is 12.1. The second kappa shape index (κ2) is 9.23. The van der Waals surface area contributed by atoms with Gasteiger partial charge in [-0.2, -0.15) is 0 Å². The molecule has 1 heterocycles. The molecule has 0 saturated heterocycles. The Labute approximate surface area is 168 Å². The van der Waals surface area contributed by atoms with Gasteiger partial charge in [0.25, 0.3) is 0 Å². The summed E-state index contributed by atoms with van der Waals surface area (Å²) in [6.07, 6.45) is 1.84. The zero-order chi connectivity index (χ0) is 19.2. The average Bonchev–Trinajstić information content (AvgIpc) is 2.68. The number of fused-ring (bicyclic) bond motifs is 1. The Hall–Kier alpha value is -2.06. The van der Waals surface area contributed by atoms with Gasteiger partial charge in [-0.3, -0.25) is 0 Å². The molecule has 2 amide bonds. The number of urea groups is 1. The van der Waals surface area contributed by atoms with E-state index in [9.17, 15) is 9.59 Å². The SMILES string of the molecule is CC(C)C(=O)[AsH]CCc1ccc(NC(=O)N2CCc3ccccc3C2)cc1. The molecule has 0 bridgehead atoms. The second-order valence-corrected chi connectivity index (χ2v) is 10.1. The summed E-state index contributed by atoms with van der Waals surface area (Å²) in [5.41, 5.74) is 4.61. The first-order chi connectivity index (χ1) is 13.0. The quantitative estimate of drug-likeness (QED) is 0.714. The number of aryl methyl sites for hydroxylation is 1. The van der Waals surface area contributed by atoms with Crippen LogP contribution >= 0.6 is 0 Å². The van der Waals surface area contributed by atoms with Gasteiger partial charge in [0.05, 0.1) is 0 Å². The maximum absolute atomic E-state index is 12.6. The van der Waals surface area contributed by atoms with Crippen LogP contribution in [0.3, 0.4) is 0 Å². The van der Waals surface area contributed by atoms with Crippen LogP contribution in [0, 0.1) is 5.92 Å². The molecule has 0 fully saturated rings. The van der Waals surface area contributed by atoms with Crippen LogP contribution in [0.1, 0.15) is 30.5 Å². The van der Waals surface area contributed by atoms with E-state index in [-0.39, 0.29) is 11.9 Å². The van der Waals surface area contributed by atoms with Crippen LogP contribution < -0.4 is 5.32 Å². The standard InChI is InChI=1S/C22H27AsN2O2/c1-16(2)21(26)23-13-11-17-7-9-20(10-8-17)24-22(27)25-14-12-18-5-3-4-6-19(18)15-25/h3-10,16,23H,11-15H2,1-2H3,(H,24,27). The first-order valence-electron chi connectivity index (χ1n) is 9.52. The summed E-state index contributed by atoms with van der Waals surface area (Å²) in [7, 11) is 0. The molecule has 1 atom stereocenters. The van der Waals surface area contributed by atoms with Crippen molar-refractivity contribution in [2.45, 2.75) is 38.4 Å². The number of rotatable bonds is 6. The van der Waals surface area contributed by atoms with Crippen LogP contribution in [0.25, 0.3) is 0 Å². The molecule has 3 rings (SSSR count). The van der Waals surface area contributed by atoms with E-state index in [4.69, 9.17) is 0 Å². The summed E-state index contributed by atoms with van der Waals surface area (Å²) in [6, 6.07) is 16.3. The van der Waals surface area contributed by atoms with E-state index in [1.165, 1.54) is 16.7 Å². The molecule has 5 heteroatoms. The number of nitrogens with zero attached hydrogens (tertiary/aromatic N) is 1. The van der Waals surface area contributed by atoms with Crippen molar-refractivity contribution in [3.8, 4) is 0 Å². The maximum atomic E-state index is 12.6. The summed E-state index contributed by atoms with van der Waals surface area (Å²) >= 11 is -0.509. The summed E-state index contributed by atoms with van der Waals surface area (Å²) in [5.74, 6) is 0.171. The summed E-state index contributed by atoms with van der Waals surface area (Å²) in [4.78, 5) is 26.2. The predicted molar refractivity (Wildman–Crippen MR) is 112 cm³/mol. The van der Waals surface area contributed by atoms with E-state index in [2.05, 4.69) is 23.5 Å². The Morgan fingerprint density at radius 2 is 1.78 bits per heavy atom. The molecule has 1 aliphatic rings. The number of amides is 2. The predicted octanol–water partition coefficient (Wildman–Crippen LogP) is 3.86. The van der Waals surface area contributed by atoms with Gasteiger partial charge in [-0.15, -0.1) is 0 Å².